The average Bonchev–Trinajstić information content (AvgIpc) is 3.21. The molecule has 168 valence electrons. The number of benzene rings is 3. The second kappa shape index (κ2) is 8.89. The van der Waals surface area contributed by atoms with Crippen molar-refractivity contribution in [3.05, 3.63) is 101 Å². The second-order valence-corrected chi connectivity index (χ2v) is 7.25. The van der Waals surface area contributed by atoms with Crippen LogP contribution in [0.15, 0.2) is 60.7 Å². The zero-order chi connectivity index (χ0) is 23.7. The SMILES string of the molecule is O=C(/C(=C(\O)c1cc(F)cc(F)c1)c1nc2ccccc2[nH]1)c1cc(C(O)CO)ccc1F. The standard InChI is InChI=1S/C24H17F3N2O4/c25-14-7-13(8-15(26)10-14)22(32)21(24-28-18-3-1-2-4-19(18)29-24)23(33)16-9-12(20(31)11-30)5-6-17(16)27/h1-10,20,30-32H,11H2,(H,28,29)/b22-21+. The van der Waals surface area contributed by atoms with Crippen molar-refractivity contribution in [3.63, 3.8) is 0 Å². The molecule has 1 atom stereocenters. The number of imidazole rings is 1. The number of aliphatic hydroxyl groups is 3. The van der Waals surface area contributed by atoms with Crippen molar-refractivity contribution >= 4 is 28.1 Å². The summed E-state index contributed by atoms with van der Waals surface area (Å²) < 4.78 is 42.2. The predicted molar refractivity (Wildman–Crippen MR) is 115 cm³/mol. The number of halogens is 3. The fraction of sp³-hybridized carbons (Fsp3) is 0.0833. The van der Waals surface area contributed by atoms with Crippen molar-refractivity contribution in [3.8, 4) is 0 Å². The summed E-state index contributed by atoms with van der Waals surface area (Å²) in [5, 5.41) is 30.0. The number of rotatable bonds is 6. The van der Waals surface area contributed by atoms with Crippen molar-refractivity contribution in [2.24, 2.45) is 0 Å². The summed E-state index contributed by atoms with van der Waals surface area (Å²) in [4.78, 5) is 20.5. The van der Waals surface area contributed by atoms with E-state index < -0.39 is 52.8 Å². The van der Waals surface area contributed by atoms with Crippen molar-refractivity contribution in [2.45, 2.75) is 6.10 Å². The Morgan fingerprint density at radius 3 is 2.36 bits per heavy atom. The first-order valence-electron chi connectivity index (χ1n) is 9.76. The Bertz CT molecular complexity index is 1340. The summed E-state index contributed by atoms with van der Waals surface area (Å²) in [5.41, 5.74) is -0.447. The lowest BCUT2D eigenvalue weighted by atomic mass is 9.96. The molecule has 1 aromatic heterocycles. The van der Waals surface area contributed by atoms with Crippen LogP contribution in [-0.2, 0) is 0 Å². The van der Waals surface area contributed by atoms with Gasteiger partial charge in [-0.3, -0.25) is 4.79 Å². The van der Waals surface area contributed by atoms with Crippen molar-refractivity contribution < 1.29 is 33.3 Å². The summed E-state index contributed by atoms with van der Waals surface area (Å²) in [6, 6.07) is 12.1. The summed E-state index contributed by atoms with van der Waals surface area (Å²) >= 11 is 0. The van der Waals surface area contributed by atoms with E-state index >= 15 is 0 Å². The number of fused-ring (bicyclic) bond motifs is 1. The lowest BCUT2D eigenvalue weighted by Gasteiger charge is -2.13. The zero-order valence-electron chi connectivity index (χ0n) is 16.9. The second-order valence-electron chi connectivity index (χ2n) is 7.25. The highest BCUT2D eigenvalue weighted by Crippen LogP contribution is 2.30. The quantitative estimate of drug-likeness (QED) is 0.197. The van der Waals surface area contributed by atoms with Crippen molar-refractivity contribution in [1.82, 2.24) is 9.97 Å². The lowest BCUT2D eigenvalue weighted by molar-refractivity contribution is 0.0952. The van der Waals surface area contributed by atoms with Gasteiger partial charge in [-0.05, 0) is 42.0 Å². The number of carbonyl (C=O) groups excluding carboxylic acids is 1. The van der Waals surface area contributed by atoms with Gasteiger partial charge < -0.3 is 20.3 Å². The highest BCUT2D eigenvalue weighted by molar-refractivity contribution is 6.33. The Balaban J connectivity index is 1.96. The van der Waals surface area contributed by atoms with E-state index in [0.717, 1.165) is 24.3 Å². The number of Topliss-reactive ketones (excluding diaryl/α,β-unsaturated/α-hetero) is 1. The number of ketones is 1. The monoisotopic (exact) mass is 454 g/mol. The molecule has 0 aliphatic rings. The number of allylic oxidation sites excluding steroid dienone is 1. The molecule has 0 radical (unpaired) electrons. The molecule has 0 aliphatic heterocycles. The van der Waals surface area contributed by atoms with Crippen LogP contribution in [0.2, 0.25) is 0 Å². The van der Waals surface area contributed by atoms with Gasteiger partial charge in [0.1, 0.15) is 40.7 Å². The van der Waals surface area contributed by atoms with E-state index in [1.54, 1.807) is 24.3 Å². The molecule has 1 heterocycles. The minimum absolute atomic E-state index is 0.0579. The van der Waals surface area contributed by atoms with Crippen LogP contribution in [0.4, 0.5) is 13.2 Å². The number of hydrogen-bond donors (Lipinski definition) is 4. The van der Waals surface area contributed by atoms with Crippen LogP contribution in [0, 0.1) is 17.5 Å². The third kappa shape index (κ3) is 4.36. The number of aliphatic hydroxyl groups excluding tert-OH is 3. The maximum Gasteiger partial charge on any atom is 0.203 e. The van der Waals surface area contributed by atoms with Gasteiger partial charge in [-0.25, -0.2) is 18.2 Å². The summed E-state index contributed by atoms with van der Waals surface area (Å²) in [6.45, 7) is -0.667. The first-order valence-corrected chi connectivity index (χ1v) is 9.76. The smallest absolute Gasteiger partial charge is 0.203 e. The lowest BCUT2D eigenvalue weighted by Crippen LogP contribution is -2.12. The molecule has 0 saturated heterocycles. The molecule has 9 heteroatoms. The Labute approximate surface area is 185 Å². The van der Waals surface area contributed by atoms with Gasteiger partial charge in [0.25, 0.3) is 0 Å². The van der Waals surface area contributed by atoms with E-state index in [2.05, 4.69) is 9.97 Å². The van der Waals surface area contributed by atoms with E-state index in [4.69, 9.17) is 0 Å². The van der Waals surface area contributed by atoms with Gasteiger partial charge in [0.05, 0.1) is 23.2 Å². The first-order chi connectivity index (χ1) is 15.8. The molecule has 4 rings (SSSR count). The molecule has 1 unspecified atom stereocenters. The van der Waals surface area contributed by atoms with Crippen LogP contribution in [0.25, 0.3) is 22.4 Å². The fourth-order valence-electron chi connectivity index (χ4n) is 3.40. The number of carbonyl (C=O) groups is 1. The van der Waals surface area contributed by atoms with E-state index in [1.165, 1.54) is 6.07 Å². The van der Waals surface area contributed by atoms with Crippen molar-refractivity contribution in [1.29, 1.82) is 0 Å². The number of nitrogens with zero attached hydrogens (tertiary/aromatic N) is 1. The van der Waals surface area contributed by atoms with Crippen LogP contribution >= 0.6 is 0 Å². The third-order valence-electron chi connectivity index (χ3n) is 5.02. The van der Waals surface area contributed by atoms with Gasteiger partial charge in [-0.15, -0.1) is 0 Å². The molecule has 0 amide bonds. The summed E-state index contributed by atoms with van der Waals surface area (Å²) in [6.07, 6.45) is -1.37. The van der Waals surface area contributed by atoms with Crippen LogP contribution in [-0.4, -0.2) is 37.7 Å². The largest absolute Gasteiger partial charge is 0.506 e. The van der Waals surface area contributed by atoms with E-state index in [9.17, 15) is 33.3 Å². The number of hydrogen-bond acceptors (Lipinski definition) is 5. The van der Waals surface area contributed by atoms with Gasteiger partial charge in [-0.2, -0.15) is 0 Å². The Hall–Kier alpha value is -3.95. The first kappa shape index (κ1) is 22.3. The van der Waals surface area contributed by atoms with Gasteiger partial charge in [0.2, 0.25) is 5.78 Å². The summed E-state index contributed by atoms with van der Waals surface area (Å²) in [7, 11) is 0. The minimum atomic E-state index is -1.37. The maximum absolute atomic E-state index is 14.6. The zero-order valence-corrected chi connectivity index (χ0v) is 16.9. The number of aromatic amines is 1. The Morgan fingerprint density at radius 2 is 1.70 bits per heavy atom. The van der Waals surface area contributed by atoms with Gasteiger partial charge in [0, 0.05) is 11.6 Å². The molecule has 3 aromatic carbocycles. The van der Waals surface area contributed by atoms with Crippen LogP contribution in [0.5, 0.6) is 0 Å². The van der Waals surface area contributed by atoms with Gasteiger partial charge >= 0.3 is 0 Å². The highest BCUT2D eigenvalue weighted by atomic mass is 19.1. The molecule has 33 heavy (non-hydrogen) atoms. The third-order valence-corrected chi connectivity index (χ3v) is 5.02. The fourth-order valence-corrected chi connectivity index (χ4v) is 3.40. The van der Waals surface area contributed by atoms with Crippen LogP contribution in [0.1, 0.15) is 33.4 Å². The molecular formula is C24H17F3N2O4. The summed E-state index contributed by atoms with van der Waals surface area (Å²) in [5.74, 6) is -5.00. The molecule has 6 nitrogen and oxygen atoms in total. The molecule has 0 aliphatic carbocycles. The molecule has 0 spiro atoms. The molecular weight excluding hydrogens is 437 g/mol. The van der Waals surface area contributed by atoms with E-state index in [0.29, 0.717) is 17.1 Å². The Morgan fingerprint density at radius 1 is 1.00 bits per heavy atom. The number of aromatic nitrogens is 2. The molecule has 0 saturated carbocycles. The molecule has 0 bridgehead atoms. The van der Waals surface area contributed by atoms with Crippen molar-refractivity contribution in [2.75, 3.05) is 6.61 Å². The number of H-pyrrole nitrogens is 1. The van der Waals surface area contributed by atoms with Gasteiger partial charge in [0.15, 0.2) is 0 Å². The van der Waals surface area contributed by atoms with Gasteiger partial charge in [-0.1, -0.05) is 18.2 Å². The minimum Gasteiger partial charge on any atom is -0.506 e. The normalized spacial score (nSPS) is 13.1. The molecule has 0 fully saturated rings. The van der Waals surface area contributed by atoms with Crippen LogP contribution in [0.3, 0.4) is 0 Å². The maximum atomic E-state index is 14.6. The molecule has 4 aromatic rings. The average molecular weight is 454 g/mol. The predicted octanol–water partition coefficient (Wildman–Crippen LogP) is 4.32. The topological polar surface area (TPSA) is 106 Å². The van der Waals surface area contributed by atoms with E-state index in [-0.39, 0.29) is 17.0 Å². The molecule has 4 N–H and O–H groups in total. The number of para-hydroxylation sites is 2. The number of nitrogens with one attached hydrogen (secondary N) is 1. The Kier molecular flexibility index (Phi) is 5.99. The highest BCUT2D eigenvalue weighted by Gasteiger charge is 2.27. The van der Waals surface area contributed by atoms with E-state index in [1.807, 2.05) is 0 Å². The van der Waals surface area contributed by atoms with Crippen LogP contribution < -0.4 is 0 Å².